The van der Waals surface area contributed by atoms with E-state index in [2.05, 4.69) is 11.1 Å². The zero-order valence-electron chi connectivity index (χ0n) is 21.3. The van der Waals surface area contributed by atoms with Crippen LogP contribution >= 0.6 is 11.6 Å². The van der Waals surface area contributed by atoms with Crippen molar-refractivity contribution in [3.8, 4) is 22.6 Å². The van der Waals surface area contributed by atoms with Crippen LogP contribution in [0.1, 0.15) is 52.7 Å². The monoisotopic (exact) mass is 541 g/mol. The molecule has 2 saturated carbocycles. The summed E-state index contributed by atoms with van der Waals surface area (Å²) in [5.74, 6) is 0.401. The van der Waals surface area contributed by atoms with Gasteiger partial charge in [-0.15, -0.1) is 0 Å². The van der Waals surface area contributed by atoms with Gasteiger partial charge in [0.05, 0.1) is 23.9 Å². The van der Waals surface area contributed by atoms with Crippen molar-refractivity contribution in [2.45, 2.75) is 50.6 Å². The summed E-state index contributed by atoms with van der Waals surface area (Å²) in [7, 11) is 0. The minimum atomic E-state index is -0.990. The molecule has 1 N–H and O–H groups in total. The molecule has 1 aromatic heterocycles. The van der Waals surface area contributed by atoms with Gasteiger partial charge in [0.1, 0.15) is 18.1 Å². The lowest BCUT2D eigenvalue weighted by molar-refractivity contribution is 0.0173. The SMILES string of the molecule is O=C(O)c1cccc(OCc2ccc(Cl)c(COC3(c4cnccc4-c4ccccc4OC4CC4)CC3)c2)c1. The van der Waals surface area contributed by atoms with E-state index in [0.717, 1.165) is 59.3 Å². The number of carboxylic acid groups (broad SMARTS) is 1. The van der Waals surface area contributed by atoms with Gasteiger partial charge in [0.15, 0.2) is 0 Å². The van der Waals surface area contributed by atoms with E-state index in [4.69, 9.17) is 25.8 Å². The number of rotatable bonds is 11. The molecule has 0 atom stereocenters. The highest BCUT2D eigenvalue weighted by molar-refractivity contribution is 6.31. The Morgan fingerprint density at radius 3 is 2.62 bits per heavy atom. The fourth-order valence-electron chi connectivity index (χ4n) is 4.68. The van der Waals surface area contributed by atoms with E-state index >= 15 is 0 Å². The van der Waals surface area contributed by atoms with Gasteiger partial charge < -0.3 is 19.3 Å². The van der Waals surface area contributed by atoms with Crippen molar-refractivity contribution < 1.29 is 24.1 Å². The van der Waals surface area contributed by atoms with Crippen LogP contribution in [-0.4, -0.2) is 22.2 Å². The zero-order valence-corrected chi connectivity index (χ0v) is 22.1. The van der Waals surface area contributed by atoms with Gasteiger partial charge in [0.25, 0.3) is 0 Å². The van der Waals surface area contributed by atoms with E-state index in [9.17, 15) is 9.90 Å². The fraction of sp³-hybridized carbons (Fsp3) is 0.250. The van der Waals surface area contributed by atoms with Crippen molar-refractivity contribution in [1.29, 1.82) is 0 Å². The molecule has 198 valence electrons. The molecule has 4 aromatic rings. The molecule has 0 bridgehead atoms. The summed E-state index contributed by atoms with van der Waals surface area (Å²) in [6, 6.07) is 22.4. The average Bonchev–Trinajstić information content (AvgIpc) is 3.90. The summed E-state index contributed by atoms with van der Waals surface area (Å²) in [5, 5.41) is 9.83. The second-order valence-electron chi connectivity index (χ2n) is 10.1. The van der Waals surface area contributed by atoms with Crippen LogP contribution in [0.2, 0.25) is 5.02 Å². The summed E-state index contributed by atoms with van der Waals surface area (Å²) >= 11 is 6.55. The Morgan fingerprint density at radius 2 is 1.82 bits per heavy atom. The summed E-state index contributed by atoms with van der Waals surface area (Å²) < 4.78 is 18.6. The van der Waals surface area contributed by atoms with Crippen molar-refractivity contribution in [2.75, 3.05) is 0 Å². The molecule has 2 aliphatic carbocycles. The number of ether oxygens (including phenoxy) is 3. The predicted octanol–water partition coefficient (Wildman–Crippen LogP) is 7.43. The Kier molecular flexibility index (Phi) is 6.98. The number of halogens is 1. The second kappa shape index (κ2) is 10.7. The maximum absolute atomic E-state index is 11.2. The van der Waals surface area contributed by atoms with E-state index in [1.54, 1.807) is 12.1 Å². The molecule has 0 saturated heterocycles. The van der Waals surface area contributed by atoms with E-state index in [1.165, 1.54) is 12.1 Å². The van der Waals surface area contributed by atoms with Gasteiger partial charge in [-0.25, -0.2) is 4.79 Å². The van der Waals surface area contributed by atoms with Crippen molar-refractivity contribution in [2.24, 2.45) is 0 Å². The molecule has 0 radical (unpaired) electrons. The molecular formula is C32H28ClNO5. The topological polar surface area (TPSA) is 77.9 Å². The standard InChI is InChI=1S/C32H28ClNO5/c33-29-11-8-21(19-37-25-5-3-4-22(17-25)31(35)36)16-23(29)20-38-32(13-14-32)28-18-34-15-12-26(28)27-6-1-2-7-30(27)39-24-9-10-24/h1-8,11-12,15-18,24H,9-10,13-14,19-20H2,(H,35,36). The number of pyridine rings is 1. The van der Waals surface area contributed by atoms with Crippen molar-refractivity contribution in [3.63, 3.8) is 0 Å². The van der Waals surface area contributed by atoms with Crippen LogP contribution in [0.5, 0.6) is 11.5 Å². The third-order valence-electron chi connectivity index (χ3n) is 7.11. The third kappa shape index (κ3) is 5.77. The minimum Gasteiger partial charge on any atom is -0.490 e. The first-order valence-electron chi connectivity index (χ1n) is 13.1. The number of hydrogen-bond donors (Lipinski definition) is 1. The van der Waals surface area contributed by atoms with E-state index < -0.39 is 11.6 Å². The largest absolute Gasteiger partial charge is 0.490 e. The number of carbonyl (C=O) groups is 1. The lowest BCUT2D eigenvalue weighted by Crippen LogP contribution is -2.14. The molecule has 0 unspecified atom stereocenters. The van der Waals surface area contributed by atoms with Crippen LogP contribution in [-0.2, 0) is 23.6 Å². The van der Waals surface area contributed by atoms with Crippen molar-refractivity contribution in [3.05, 3.63) is 112 Å². The number of aromatic carboxylic acids is 1. The first-order valence-corrected chi connectivity index (χ1v) is 13.5. The summed E-state index contributed by atoms with van der Waals surface area (Å²) in [6.07, 6.45) is 8.04. The molecule has 7 heteroatoms. The first kappa shape index (κ1) is 25.4. The van der Waals surface area contributed by atoms with E-state index in [-0.39, 0.29) is 12.2 Å². The first-order chi connectivity index (χ1) is 19.0. The van der Waals surface area contributed by atoms with Crippen LogP contribution in [0.15, 0.2) is 85.2 Å². The van der Waals surface area contributed by atoms with Gasteiger partial charge in [0, 0.05) is 28.5 Å². The van der Waals surface area contributed by atoms with Crippen molar-refractivity contribution >= 4 is 17.6 Å². The predicted molar refractivity (Wildman–Crippen MR) is 148 cm³/mol. The Morgan fingerprint density at radius 1 is 0.974 bits per heavy atom. The Bertz CT molecular complexity index is 1510. The maximum atomic E-state index is 11.2. The van der Waals surface area contributed by atoms with Crippen molar-refractivity contribution in [1.82, 2.24) is 4.98 Å². The molecular weight excluding hydrogens is 514 g/mol. The van der Waals surface area contributed by atoms with Gasteiger partial charge in [-0.05, 0) is 84.8 Å². The van der Waals surface area contributed by atoms with Gasteiger partial charge in [-0.3, -0.25) is 4.98 Å². The van der Waals surface area contributed by atoms with Gasteiger partial charge >= 0.3 is 5.97 Å². The van der Waals surface area contributed by atoms with Gasteiger partial charge in [0.2, 0.25) is 0 Å². The quantitative estimate of drug-likeness (QED) is 0.213. The number of aromatic nitrogens is 1. The highest BCUT2D eigenvalue weighted by Crippen LogP contribution is 2.53. The Hall–Kier alpha value is -3.87. The number of para-hydroxylation sites is 1. The minimum absolute atomic E-state index is 0.184. The highest BCUT2D eigenvalue weighted by atomic mass is 35.5. The lowest BCUT2D eigenvalue weighted by Gasteiger charge is -2.22. The Balaban J connectivity index is 1.18. The normalized spacial score (nSPS) is 15.5. The lowest BCUT2D eigenvalue weighted by atomic mass is 9.96. The number of benzene rings is 3. The zero-order chi connectivity index (χ0) is 26.8. The number of hydrogen-bond acceptors (Lipinski definition) is 5. The number of carboxylic acids is 1. The molecule has 6 nitrogen and oxygen atoms in total. The average molecular weight is 542 g/mol. The van der Waals surface area contributed by atoms with Crippen LogP contribution in [0.3, 0.4) is 0 Å². The van der Waals surface area contributed by atoms with Crippen LogP contribution in [0.25, 0.3) is 11.1 Å². The molecule has 1 heterocycles. The van der Waals surface area contributed by atoms with Crippen LogP contribution < -0.4 is 9.47 Å². The molecule has 0 aliphatic heterocycles. The molecule has 0 spiro atoms. The maximum Gasteiger partial charge on any atom is 0.335 e. The summed E-state index contributed by atoms with van der Waals surface area (Å²) in [6.45, 7) is 0.624. The molecule has 6 rings (SSSR count). The molecule has 2 fully saturated rings. The summed E-state index contributed by atoms with van der Waals surface area (Å²) in [4.78, 5) is 15.7. The second-order valence-corrected chi connectivity index (χ2v) is 10.5. The number of nitrogens with zero attached hydrogens (tertiary/aromatic N) is 1. The van der Waals surface area contributed by atoms with Gasteiger partial charge in [-0.2, -0.15) is 0 Å². The Labute approximate surface area is 232 Å². The third-order valence-corrected chi connectivity index (χ3v) is 7.48. The van der Waals surface area contributed by atoms with Gasteiger partial charge in [-0.1, -0.05) is 41.9 Å². The van der Waals surface area contributed by atoms with E-state index in [0.29, 0.717) is 23.5 Å². The fourth-order valence-corrected chi connectivity index (χ4v) is 4.86. The highest BCUT2D eigenvalue weighted by Gasteiger charge is 2.47. The molecule has 0 amide bonds. The smallest absolute Gasteiger partial charge is 0.335 e. The van der Waals surface area contributed by atoms with Crippen LogP contribution in [0.4, 0.5) is 0 Å². The molecule has 2 aliphatic rings. The molecule has 39 heavy (non-hydrogen) atoms. The summed E-state index contributed by atoms with van der Waals surface area (Å²) in [5.41, 5.74) is 4.73. The molecule has 3 aromatic carbocycles. The van der Waals surface area contributed by atoms with Crippen LogP contribution in [0, 0.1) is 0 Å². The van der Waals surface area contributed by atoms with E-state index in [1.807, 2.05) is 54.9 Å².